The number of hydrogen-bond acceptors (Lipinski definition) is 2. The van der Waals surface area contributed by atoms with Crippen molar-refractivity contribution in [1.82, 2.24) is 0 Å². The van der Waals surface area contributed by atoms with Gasteiger partial charge in [-0.25, -0.2) is 0 Å². The van der Waals surface area contributed by atoms with Crippen LogP contribution in [-0.2, 0) is 23.6 Å². The lowest BCUT2D eigenvalue weighted by Gasteiger charge is -2.13. The van der Waals surface area contributed by atoms with E-state index in [9.17, 15) is 31.1 Å². The molecule has 2 aromatic rings. The first-order chi connectivity index (χ1) is 10.5. The van der Waals surface area contributed by atoms with Gasteiger partial charge in [-0.1, -0.05) is 0 Å². The molecule has 0 aliphatic carbocycles. The van der Waals surface area contributed by atoms with Gasteiger partial charge in [-0.2, -0.15) is 26.3 Å². The Hall–Kier alpha value is -2.45. The molecule has 0 radical (unpaired) electrons. The van der Waals surface area contributed by atoms with Crippen molar-refractivity contribution in [3.05, 3.63) is 47.2 Å². The molecule has 0 aliphatic rings. The van der Waals surface area contributed by atoms with Crippen molar-refractivity contribution in [2.75, 3.05) is 0 Å². The molecular formula is C14H8F6O3. The van der Waals surface area contributed by atoms with Gasteiger partial charge in [0.05, 0.1) is 11.1 Å². The third kappa shape index (κ3) is 4.05. The lowest BCUT2D eigenvalue weighted by atomic mass is 10.0. The number of carbonyl (C=O) groups is 1. The smallest absolute Gasteiger partial charge is 0.416 e. The standard InChI is InChI=1S/C14H8F6O3/c15-13(16,17)8-3-7(4-9(5-8)14(18,19)20)11-2-1-10(23-11)6-12(21)22/h1-5H,6H2,(H,21,22). The van der Waals surface area contributed by atoms with Crippen molar-refractivity contribution in [1.29, 1.82) is 0 Å². The van der Waals surface area contributed by atoms with E-state index < -0.39 is 41.4 Å². The molecule has 1 aromatic carbocycles. The largest absolute Gasteiger partial charge is 0.481 e. The van der Waals surface area contributed by atoms with E-state index in [1.807, 2.05) is 0 Å². The lowest BCUT2D eigenvalue weighted by Crippen LogP contribution is -2.11. The monoisotopic (exact) mass is 338 g/mol. The van der Waals surface area contributed by atoms with E-state index in [2.05, 4.69) is 0 Å². The molecule has 2 rings (SSSR count). The summed E-state index contributed by atoms with van der Waals surface area (Å²) in [6.07, 6.45) is -10.5. The van der Waals surface area contributed by atoms with Crippen LogP contribution in [-0.4, -0.2) is 11.1 Å². The fourth-order valence-electron chi connectivity index (χ4n) is 1.87. The zero-order valence-electron chi connectivity index (χ0n) is 11.1. The highest BCUT2D eigenvalue weighted by Crippen LogP contribution is 2.38. The van der Waals surface area contributed by atoms with Gasteiger partial charge in [0.2, 0.25) is 0 Å². The molecule has 1 aromatic heterocycles. The third-order valence-corrected chi connectivity index (χ3v) is 2.86. The van der Waals surface area contributed by atoms with E-state index in [4.69, 9.17) is 9.52 Å². The number of carboxylic acid groups (broad SMARTS) is 1. The SMILES string of the molecule is O=C(O)Cc1ccc(-c2cc(C(F)(F)F)cc(C(F)(F)F)c2)o1. The number of furan rings is 1. The summed E-state index contributed by atoms with van der Waals surface area (Å²) in [4.78, 5) is 10.5. The van der Waals surface area contributed by atoms with Crippen LogP contribution in [0.5, 0.6) is 0 Å². The van der Waals surface area contributed by atoms with E-state index in [1.54, 1.807) is 0 Å². The average Bonchev–Trinajstić information content (AvgIpc) is 2.83. The van der Waals surface area contributed by atoms with E-state index in [0.29, 0.717) is 12.1 Å². The molecule has 3 nitrogen and oxygen atoms in total. The number of benzene rings is 1. The molecule has 23 heavy (non-hydrogen) atoms. The summed E-state index contributed by atoms with van der Waals surface area (Å²) < 4.78 is 81.5. The Balaban J connectivity index is 2.53. The lowest BCUT2D eigenvalue weighted by molar-refractivity contribution is -0.143. The molecule has 0 saturated heterocycles. The summed E-state index contributed by atoms with van der Waals surface area (Å²) in [6, 6.07) is 3.33. The number of halogens is 6. The summed E-state index contributed by atoms with van der Waals surface area (Å²) in [5.41, 5.74) is -3.39. The van der Waals surface area contributed by atoms with Gasteiger partial charge in [0.1, 0.15) is 17.9 Å². The summed E-state index contributed by atoms with van der Waals surface area (Å²) in [7, 11) is 0. The van der Waals surface area contributed by atoms with Gasteiger partial charge < -0.3 is 9.52 Å². The highest BCUT2D eigenvalue weighted by Gasteiger charge is 2.37. The molecule has 0 aliphatic heterocycles. The van der Waals surface area contributed by atoms with E-state index >= 15 is 0 Å². The molecule has 124 valence electrons. The van der Waals surface area contributed by atoms with Crippen LogP contribution in [0.2, 0.25) is 0 Å². The first-order valence-electron chi connectivity index (χ1n) is 6.07. The van der Waals surface area contributed by atoms with Gasteiger partial charge in [0.25, 0.3) is 0 Å². The molecule has 9 heteroatoms. The van der Waals surface area contributed by atoms with Crippen molar-refractivity contribution >= 4 is 5.97 Å². The second kappa shape index (κ2) is 5.64. The maximum Gasteiger partial charge on any atom is 0.416 e. The molecule has 1 heterocycles. The van der Waals surface area contributed by atoms with Crippen molar-refractivity contribution in [2.45, 2.75) is 18.8 Å². The number of rotatable bonds is 3. The van der Waals surface area contributed by atoms with Crippen LogP contribution in [0.4, 0.5) is 26.3 Å². The Morgan fingerprint density at radius 2 is 1.48 bits per heavy atom. The van der Waals surface area contributed by atoms with E-state index in [0.717, 1.165) is 6.07 Å². The van der Waals surface area contributed by atoms with E-state index in [1.165, 1.54) is 6.07 Å². The highest BCUT2D eigenvalue weighted by atomic mass is 19.4. The first kappa shape index (κ1) is 16.9. The fourth-order valence-corrected chi connectivity index (χ4v) is 1.87. The molecule has 0 fully saturated rings. The van der Waals surface area contributed by atoms with Crippen LogP contribution < -0.4 is 0 Å². The normalized spacial score (nSPS) is 12.4. The quantitative estimate of drug-likeness (QED) is 0.832. The predicted molar refractivity (Wildman–Crippen MR) is 65.5 cm³/mol. The molecule has 0 bridgehead atoms. The van der Waals surface area contributed by atoms with Gasteiger partial charge in [0.15, 0.2) is 0 Å². The number of hydrogen-bond donors (Lipinski definition) is 1. The Bertz CT molecular complexity index is 695. The topological polar surface area (TPSA) is 50.4 Å². The summed E-state index contributed by atoms with van der Waals surface area (Å²) in [5.74, 6) is -1.61. The Kier molecular flexibility index (Phi) is 4.14. The zero-order chi connectivity index (χ0) is 17.4. The Morgan fingerprint density at radius 3 is 1.91 bits per heavy atom. The van der Waals surface area contributed by atoms with Crippen LogP contribution in [0, 0.1) is 0 Å². The Labute approximate surface area is 125 Å². The predicted octanol–water partition coefficient (Wildman–Crippen LogP) is 4.61. The maximum atomic E-state index is 12.8. The number of alkyl halides is 6. The van der Waals surface area contributed by atoms with Crippen LogP contribution >= 0.6 is 0 Å². The third-order valence-electron chi connectivity index (χ3n) is 2.86. The van der Waals surface area contributed by atoms with Gasteiger partial charge in [-0.3, -0.25) is 4.79 Å². The molecule has 0 spiro atoms. The second-order valence-corrected chi connectivity index (χ2v) is 4.63. The molecule has 0 saturated carbocycles. The fraction of sp³-hybridized carbons (Fsp3) is 0.214. The van der Waals surface area contributed by atoms with Crippen molar-refractivity contribution in [3.63, 3.8) is 0 Å². The second-order valence-electron chi connectivity index (χ2n) is 4.63. The number of aliphatic carboxylic acids is 1. The van der Waals surface area contributed by atoms with Crippen LogP contribution in [0.3, 0.4) is 0 Å². The van der Waals surface area contributed by atoms with Crippen molar-refractivity contribution in [3.8, 4) is 11.3 Å². The van der Waals surface area contributed by atoms with E-state index in [-0.39, 0.29) is 17.6 Å². The summed E-state index contributed by atoms with van der Waals surface area (Å²) in [5, 5.41) is 8.59. The average molecular weight is 338 g/mol. The van der Waals surface area contributed by atoms with Crippen LogP contribution in [0.15, 0.2) is 34.7 Å². The molecule has 0 amide bonds. The number of carboxylic acids is 1. The minimum Gasteiger partial charge on any atom is -0.481 e. The Morgan fingerprint density at radius 1 is 0.957 bits per heavy atom. The minimum absolute atomic E-state index is 0.00456. The van der Waals surface area contributed by atoms with Crippen LogP contribution in [0.1, 0.15) is 16.9 Å². The summed E-state index contributed by atoms with van der Waals surface area (Å²) >= 11 is 0. The molecule has 0 atom stereocenters. The van der Waals surface area contributed by atoms with Gasteiger partial charge in [-0.15, -0.1) is 0 Å². The summed E-state index contributed by atoms with van der Waals surface area (Å²) in [6.45, 7) is 0. The molecular weight excluding hydrogens is 330 g/mol. The minimum atomic E-state index is -4.97. The van der Waals surface area contributed by atoms with Crippen molar-refractivity contribution < 1.29 is 40.7 Å². The maximum absolute atomic E-state index is 12.8. The van der Waals surface area contributed by atoms with Gasteiger partial charge in [-0.05, 0) is 30.3 Å². The van der Waals surface area contributed by atoms with Crippen molar-refractivity contribution in [2.24, 2.45) is 0 Å². The van der Waals surface area contributed by atoms with Crippen LogP contribution in [0.25, 0.3) is 11.3 Å². The first-order valence-corrected chi connectivity index (χ1v) is 6.07. The van der Waals surface area contributed by atoms with Gasteiger partial charge >= 0.3 is 18.3 Å². The molecule has 1 N–H and O–H groups in total. The highest BCUT2D eigenvalue weighted by molar-refractivity contribution is 5.70. The van der Waals surface area contributed by atoms with Gasteiger partial charge in [0, 0.05) is 5.56 Å². The zero-order valence-corrected chi connectivity index (χ0v) is 11.1. The molecule has 0 unspecified atom stereocenters.